The number of fused-ring (bicyclic) bond motifs is 4. The van der Waals surface area contributed by atoms with Crippen molar-refractivity contribution in [3.05, 3.63) is 115 Å². The minimum absolute atomic E-state index is 0.820. The second kappa shape index (κ2) is 7.67. The van der Waals surface area contributed by atoms with E-state index in [2.05, 4.69) is 84.3 Å². The number of pyridine rings is 1. The maximum Gasteiger partial charge on any atom is 0.165 e. The Balaban J connectivity index is 1.52. The lowest BCUT2D eigenvalue weighted by Crippen LogP contribution is -1.98. The van der Waals surface area contributed by atoms with E-state index in [0.29, 0.717) is 0 Å². The van der Waals surface area contributed by atoms with Crippen LogP contribution in [0.15, 0.2) is 114 Å². The molecule has 0 saturated carbocycles. The van der Waals surface area contributed by atoms with Crippen LogP contribution in [-0.2, 0) is 0 Å². The highest BCUT2D eigenvalue weighted by Gasteiger charge is 2.21. The van der Waals surface area contributed by atoms with Crippen molar-refractivity contribution in [1.29, 1.82) is 0 Å². The first-order chi connectivity index (χ1) is 17.3. The van der Waals surface area contributed by atoms with Gasteiger partial charge < -0.3 is 4.42 Å². The third-order valence-corrected chi connectivity index (χ3v) is 6.61. The van der Waals surface area contributed by atoms with Crippen molar-refractivity contribution in [3.63, 3.8) is 0 Å². The summed E-state index contributed by atoms with van der Waals surface area (Å²) in [5, 5.41) is 2.17. The van der Waals surface area contributed by atoms with Crippen LogP contribution in [-0.4, -0.2) is 14.5 Å². The number of furan rings is 1. The van der Waals surface area contributed by atoms with Crippen molar-refractivity contribution in [1.82, 2.24) is 14.5 Å². The molecule has 35 heavy (non-hydrogen) atoms. The van der Waals surface area contributed by atoms with E-state index < -0.39 is 0 Å². The number of hydrogen-bond donors (Lipinski definition) is 0. The van der Waals surface area contributed by atoms with Gasteiger partial charge in [-0.2, -0.15) is 0 Å². The quantitative estimate of drug-likeness (QED) is 0.274. The van der Waals surface area contributed by atoms with Gasteiger partial charge in [-0.25, -0.2) is 9.97 Å². The number of hydrogen-bond acceptors (Lipinski definition) is 3. The van der Waals surface area contributed by atoms with E-state index in [0.717, 1.165) is 61.3 Å². The van der Waals surface area contributed by atoms with Crippen LogP contribution in [0.3, 0.4) is 0 Å². The molecule has 4 heteroatoms. The van der Waals surface area contributed by atoms with Gasteiger partial charge in [0.2, 0.25) is 0 Å². The molecule has 0 unspecified atom stereocenters. The number of rotatable bonds is 3. The fourth-order valence-electron chi connectivity index (χ4n) is 4.88. The Labute approximate surface area is 202 Å². The standard InChI is InChI=1S/C31H21N3O/c1-20-17-18-32-31-28(20)33-30(34(31)23-11-6-3-7-12-23)26-14-8-13-25-24-16-15-22(19-27(24)35-29(25)26)21-9-4-2-5-10-21/h2-19H,1H3. The van der Waals surface area contributed by atoms with E-state index in [4.69, 9.17) is 14.4 Å². The van der Waals surface area contributed by atoms with Crippen LogP contribution < -0.4 is 0 Å². The van der Waals surface area contributed by atoms with Crippen molar-refractivity contribution < 1.29 is 4.42 Å². The fourth-order valence-corrected chi connectivity index (χ4v) is 4.88. The van der Waals surface area contributed by atoms with E-state index >= 15 is 0 Å². The molecule has 0 atom stereocenters. The van der Waals surface area contributed by atoms with Crippen LogP contribution in [0.1, 0.15) is 5.56 Å². The van der Waals surface area contributed by atoms with Crippen molar-refractivity contribution >= 4 is 33.1 Å². The largest absolute Gasteiger partial charge is 0.455 e. The second-order valence-corrected chi connectivity index (χ2v) is 8.77. The summed E-state index contributed by atoms with van der Waals surface area (Å²) in [7, 11) is 0. The molecule has 3 aromatic heterocycles. The summed E-state index contributed by atoms with van der Waals surface area (Å²) in [6.07, 6.45) is 1.84. The van der Waals surface area contributed by atoms with Gasteiger partial charge in [-0.1, -0.05) is 66.7 Å². The van der Waals surface area contributed by atoms with Gasteiger partial charge in [0.15, 0.2) is 11.5 Å². The highest BCUT2D eigenvalue weighted by atomic mass is 16.3. The average Bonchev–Trinajstić information content (AvgIpc) is 3.49. The summed E-state index contributed by atoms with van der Waals surface area (Å²) >= 11 is 0. The van der Waals surface area contributed by atoms with Gasteiger partial charge in [0.1, 0.15) is 16.7 Å². The Morgan fingerprint density at radius 2 is 1.51 bits per heavy atom. The second-order valence-electron chi connectivity index (χ2n) is 8.77. The third kappa shape index (κ3) is 3.07. The predicted molar refractivity (Wildman–Crippen MR) is 142 cm³/mol. The summed E-state index contributed by atoms with van der Waals surface area (Å²) in [4.78, 5) is 9.79. The highest BCUT2D eigenvalue weighted by Crippen LogP contribution is 2.38. The van der Waals surface area contributed by atoms with Crippen LogP contribution >= 0.6 is 0 Å². The molecule has 4 aromatic carbocycles. The summed E-state index contributed by atoms with van der Waals surface area (Å²) in [5.41, 5.74) is 8.79. The smallest absolute Gasteiger partial charge is 0.165 e. The number of nitrogens with zero attached hydrogens (tertiary/aromatic N) is 3. The lowest BCUT2D eigenvalue weighted by atomic mass is 10.0. The predicted octanol–water partition coefficient (Wildman–Crippen LogP) is 7.96. The molecular weight excluding hydrogens is 430 g/mol. The molecule has 0 radical (unpaired) electrons. The molecular formula is C31H21N3O. The zero-order valence-corrected chi connectivity index (χ0v) is 19.1. The lowest BCUT2D eigenvalue weighted by Gasteiger charge is -2.09. The molecule has 7 aromatic rings. The number of aryl methyl sites for hydroxylation is 1. The third-order valence-electron chi connectivity index (χ3n) is 6.61. The Morgan fingerprint density at radius 3 is 2.34 bits per heavy atom. The highest BCUT2D eigenvalue weighted by molar-refractivity contribution is 6.10. The number of aromatic nitrogens is 3. The maximum absolute atomic E-state index is 6.54. The topological polar surface area (TPSA) is 43.9 Å². The van der Waals surface area contributed by atoms with Gasteiger partial charge in [0.25, 0.3) is 0 Å². The first-order valence-electron chi connectivity index (χ1n) is 11.7. The molecule has 166 valence electrons. The normalized spacial score (nSPS) is 11.6. The minimum Gasteiger partial charge on any atom is -0.455 e. The molecule has 3 heterocycles. The van der Waals surface area contributed by atoms with E-state index in [9.17, 15) is 0 Å². The molecule has 0 saturated heterocycles. The average molecular weight is 452 g/mol. The van der Waals surface area contributed by atoms with Gasteiger partial charge in [0, 0.05) is 22.7 Å². The first kappa shape index (κ1) is 19.7. The van der Waals surface area contributed by atoms with E-state index in [1.54, 1.807) is 0 Å². The van der Waals surface area contributed by atoms with Crippen LogP contribution in [0.2, 0.25) is 0 Å². The van der Waals surface area contributed by atoms with Crippen molar-refractivity contribution in [2.45, 2.75) is 6.92 Å². The maximum atomic E-state index is 6.54. The lowest BCUT2D eigenvalue weighted by molar-refractivity contribution is 0.669. The van der Waals surface area contributed by atoms with Crippen LogP contribution in [0, 0.1) is 6.92 Å². The van der Waals surface area contributed by atoms with E-state index in [-0.39, 0.29) is 0 Å². The van der Waals surface area contributed by atoms with Crippen molar-refractivity contribution in [2.75, 3.05) is 0 Å². The van der Waals surface area contributed by atoms with Crippen molar-refractivity contribution in [3.8, 4) is 28.2 Å². The molecule has 0 aliphatic carbocycles. The monoisotopic (exact) mass is 451 g/mol. The van der Waals surface area contributed by atoms with E-state index in [1.165, 1.54) is 5.56 Å². The molecule has 0 aliphatic heterocycles. The summed E-state index contributed by atoms with van der Waals surface area (Å²) in [6.45, 7) is 2.07. The van der Waals surface area contributed by atoms with Gasteiger partial charge in [-0.15, -0.1) is 0 Å². The van der Waals surface area contributed by atoms with Crippen molar-refractivity contribution in [2.24, 2.45) is 0 Å². The summed E-state index contributed by atoms with van der Waals surface area (Å²) in [5.74, 6) is 0.820. The Kier molecular flexibility index (Phi) is 4.33. The SMILES string of the molecule is Cc1ccnc2c1nc(-c1cccc3c1oc1cc(-c4ccccc4)ccc13)n2-c1ccccc1. The van der Waals surface area contributed by atoms with Gasteiger partial charge >= 0.3 is 0 Å². The van der Waals surface area contributed by atoms with Crippen LogP contribution in [0.4, 0.5) is 0 Å². The molecule has 0 N–H and O–H groups in total. The molecule has 0 bridgehead atoms. The molecule has 0 aliphatic rings. The zero-order valence-electron chi connectivity index (χ0n) is 19.1. The van der Waals surface area contributed by atoms with Gasteiger partial charge in [0.05, 0.1) is 5.56 Å². The number of imidazole rings is 1. The zero-order chi connectivity index (χ0) is 23.4. The van der Waals surface area contributed by atoms with Crippen LogP contribution in [0.5, 0.6) is 0 Å². The number of benzene rings is 4. The summed E-state index contributed by atoms with van der Waals surface area (Å²) < 4.78 is 8.67. The Hall–Kier alpha value is -4.70. The fraction of sp³-hybridized carbons (Fsp3) is 0.0323. The number of para-hydroxylation sites is 2. The molecule has 0 fully saturated rings. The first-order valence-corrected chi connectivity index (χ1v) is 11.7. The summed E-state index contributed by atoms with van der Waals surface area (Å²) in [6, 6.07) is 35.3. The molecule has 7 rings (SSSR count). The Bertz CT molecular complexity index is 1850. The van der Waals surface area contributed by atoms with E-state index in [1.807, 2.05) is 36.5 Å². The molecule has 0 amide bonds. The Morgan fingerprint density at radius 1 is 0.714 bits per heavy atom. The van der Waals surface area contributed by atoms with Gasteiger partial charge in [-0.05, 0) is 60.0 Å². The van der Waals surface area contributed by atoms with Crippen LogP contribution in [0.25, 0.3) is 61.3 Å². The van der Waals surface area contributed by atoms with Gasteiger partial charge in [-0.3, -0.25) is 4.57 Å². The molecule has 0 spiro atoms. The molecule has 4 nitrogen and oxygen atoms in total. The minimum atomic E-state index is 0.820.